The van der Waals surface area contributed by atoms with E-state index in [1.807, 2.05) is 18.2 Å². The van der Waals surface area contributed by atoms with Gasteiger partial charge in [-0.2, -0.15) is 0 Å². The monoisotopic (exact) mass is 290 g/mol. The Hall–Kier alpha value is -1.77. The van der Waals surface area contributed by atoms with E-state index in [0.29, 0.717) is 15.4 Å². The third-order valence-corrected chi connectivity index (χ3v) is 3.83. The SMILES string of the molecule is O=C(O)c1cccc2cc3cc(Cl)c(Cl)cc3cc12. The van der Waals surface area contributed by atoms with Crippen molar-refractivity contribution in [3.8, 4) is 0 Å². The molecule has 0 atom stereocenters. The number of carboxylic acids is 1. The van der Waals surface area contributed by atoms with Crippen LogP contribution in [0.15, 0.2) is 42.5 Å². The van der Waals surface area contributed by atoms with Crippen LogP contribution in [-0.2, 0) is 0 Å². The summed E-state index contributed by atoms with van der Waals surface area (Å²) in [5.41, 5.74) is 0.283. The van der Waals surface area contributed by atoms with Crippen molar-refractivity contribution >= 4 is 50.7 Å². The second kappa shape index (κ2) is 4.41. The number of hydrogen-bond acceptors (Lipinski definition) is 1. The third-order valence-electron chi connectivity index (χ3n) is 3.11. The Labute approximate surface area is 119 Å². The van der Waals surface area contributed by atoms with Gasteiger partial charge in [-0.25, -0.2) is 4.79 Å². The van der Waals surface area contributed by atoms with Crippen LogP contribution in [-0.4, -0.2) is 11.1 Å². The van der Waals surface area contributed by atoms with Crippen LogP contribution in [0, 0.1) is 0 Å². The lowest BCUT2D eigenvalue weighted by molar-refractivity contribution is 0.0699. The van der Waals surface area contributed by atoms with Crippen LogP contribution < -0.4 is 0 Å². The minimum atomic E-state index is -0.940. The molecule has 0 spiro atoms. The number of carbonyl (C=O) groups is 1. The summed E-state index contributed by atoms with van der Waals surface area (Å²) in [6.45, 7) is 0. The van der Waals surface area contributed by atoms with E-state index < -0.39 is 5.97 Å². The summed E-state index contributed by atoms with van der Waals surface area (Å²) in [7, 11) is 0. The van der Waals surface area contributed by atoms with E-state index in [-0.39, 0.29) is 5.56 Å². The molecule has 19 heavy (non-hydrogen) atoms. The van der Waals surface area contributed by atoms with Gasteiger partial charge in [-0.1, -0.05) is 35.3 Å². The number of rotatable bonds is 1. The predicted octanol–water partition coefficient (Wildman–Crippen LogP) is 5.00. The molecule has 0 unspecified atom stereocenters. The molecule has 0 saturated heterocycles. The van der Waals surface area contributed by atoms with E-state index in [2.05, 4.69) is 0 Å². The maximum absolute atomic E-state index is 11.2. The first-order valence-corrected chi connectivity index (χ1v) is 6.37. The Kier molecular flexibility index (Phi) is 2.85. The molecule has 0 aliphatic rings. The van der Waals surface area contributed by atoms with Crippen LogP contribution in [0.3, 0.4) is 0 Å². The predicted molar refractivity (Wildman–Crippen MR) is 78.4 cm³/mol. The Bertz CT molecular complexity index is 825. The molecule has 0 amide bonds. The van der Waals surface area contributed by atoms with Crippen molar-refractivity contribution in [2.45, 2.75) is 0 Å². The van der Waals surface area contributed by atoms with Crippen LogP contribution in [0.25, 0.3) is 21.5 Å². The first-order valence-electron chi connectivity index (χ1n) is 5.61. The molecule has 2 nitrogen and oxygen atoms in total. The number of carboxylic acid groups (broad SMARTS) is 1. The highest BCUT2D eigenvalue weighted by atomic mass is 35.5. The number of halogens is 2. The van der Waals surface area contributed by atoms with Gasteiger partial charge in [-0.15, -0.1) is 0 Å². The van der Waals surface area contributed by atoms with E-state index in [4.69, 9.17) is 23.2 Å². The Morgan fingerprint density at radius 1 is 0.895 bits per heavy atom. The number of fused-ring (bicyclic) bond motifs is 2. The largest absolute Gasteiger partial charge is 0.478 e. The second-order valence-electron chi connectivity index (χ2n) is 4.30. The number of hydrogen-bond donors (Lipinski definition) is 1. The quantitative estimate of drug-likeness (QED) is 0.641. The van der Waals surface area contributed by atoms with Crippen molar-refractivity contribution in [3.05, 3.63) is 58.1 Å². The van der Waals surface area contributed by atoms with Crippen LogP contribution >= 0.6 is 23.2 Å². The van der Waals surface area contributed by atoms with Gasteiger partial charge in [0.05, 0.1) is 15.6 Å². The molecule has 0 saturated carbocycles. The van der Waals surface area contributed by atoms with E-state index in [9.17, 15) is 9.90 Å². The van der Waals surface area contributed by atoms with Crippen molar-refractivity contribution in [1.29, 1.82) is 0 Å². The van der Waals surface area contributed by atoms with Crippen LogP contribution in [0.5, 0.6) is 0 Å². The summed E-state index contributed by atoms with van der Waals surface area (Å²) in [6.07, 6.45) is 0. The van der Waals surface area contributed by atoms with E-state index in [1.165, 1.54) is 0 Å². The average molecular weight is 291 g/mol. The Balaban J connectivity index is 2.45. The minimum Gasteiger partial charge on any atom is -0.478 e. The van der Waals surface area contributed by atoms with Crippen LogP contribution in [0.4, 0.5) is 0 Å². The van der Waals surface area contributed by atoms with Crippen molar-refractivity contribution in [3.63, 3.8) is 0 Å². The molecule has 3 aromatic rings. The lowest BCUT2D eigenvalue weighted by atomic mass is 10.00. The van der Waals surface area contributed by atoms with E-state index >= 15 is 0 Å². The Morgan fingerprint density at radius 2 is 1.53 bits per heavy atom. The smallest absolute Gasteiger partial charge is 0.336 e. The van der Waals surface area contributed by atoms with Gasteiger partial charge in [0.1, 0.15) is 0 Å². The molecule has 0 radical (unpaired) electrons. The summed E-state index contributed by atoms with van der Waals surface area (Å²) < 4.78 is 0. The molecule has 3 aromatic carbocycles. The molecule has 1 N–H and O–H groups in total. The fourth-order valence-electron chi connectivity index (χ4n) is 2.21. The summed E-state index contributed by atoms with van der Waals surface area (Å²) in [6, 6.07) is 12.5. The van der Waals surface area contributed by atoms with E-state index in [1.54, 1.807) is 24.3 Å². The molecule has 0 aromatic heterocycles. The normalized spacial score (nSPS) is 11.1. The lowest BCUT2D eigenvalue weighted by Gasteiger charge is -2.06. The maximum atomic E-state index is 11.2. The van der Waals surface area contributed by atoms with Gasteiger partial charge < -0.3 is 5.11 Å². The first kappa shape index (κ1) is 12.3. The van der Waals surface area contributed by atoms with Crippen molar-refractivity contribution < 1.29 is 9.90 Å². The van der Waals surface area contributed by atoms with Gasteiger partial charge in [0, 0.05) is 0 Å². The minimum absolute atomic E-state index is 0.283. The number of aromatic carboxylic acids is 1. The van der Waals surface area contributed by atoms with Gasteiger partial charge in [0.2, 0.25) is 0 Å². The molecular weight excluding hydrogens is 283 g/mol. The average Bonchev–Trinajstić information content (AvgIpc) is 2.37. The number of benzene rings is 3. The highest BCUT2D eigenvalue weighted by molar-refractivity contribution is 6.42. The molecule has 0 bridgehead atoms. The molecular formula is C15H8Cl2O2. The van der Waals surface area contributed by atoms with Crippen LogP contribution in [0.2, 0.25) is 10.0 Å². The zero-order valence-electron chi connectivity index (χ0n) is 9.65. The van der Waals surface area contributed by atoms with Gasteiger partial charge in [-0.05, 0) is 51.9 Å². The first-order chi connectivity index (χ1) is 9.06. The summed E-state index contributed by atoms with van der Waals surface area (Å²) in [5.74, 6) is -0.940. The molecule has 94 valence electrons. The molecule has 0 fully saturated rings. The van der Waals surface area contributed by atoms with Gasteiger partial charge in [0.25, 0.3) is 0 Å². The third kappa shape index (κ3) is 2.03. The van der Waals surface area contributed by atoms with Crippen LogP contribution in [0.1, 0.15) is 10.4 Å². The summed E-state index contributed by atoms with van der Waals surface area (Å²) in [4.78, 5) is 11.2. The molecule has 0 heterocycles. The fourth-order valence-corrected chi connectivity index (χ4v) is 2.55. The highest BCUT2D eigenvalue weighted by Crippen LogP contribution is 2.31. The summed E-state index contributed by atoms with van der Waals surface area (Å²) >= 11 is 12.0. The van der Waals surface area contributed by atoms with Gasteiger partial charge >= 0.3 is 5.97 Å². The van der Waals surface area contributed by atoms with Gasteiger partial charge in [0.15, 0.2) is 0 Å². The van der Waals surface area contributed by atoms with Gasteiger partial charge in [-0.3, -0.25) is 0 Å². The fraction of sp³-hybridized carbons (Fsp3) is 0. The van der Waals surface area contributed by atoms with Crippen molar-refractivity contribution in [2.75, 3.05) is 0 Å². The molecule has 3 rings (SSSR count). The topological polar surface area (TPSA) is 37.3 Å². The highest BCUT2D eigenvalue weighted by Gasteiger charge is 2.09. The second-order valence-corrected chi connectivity index (χ2v) is 5.11. The molecule has 0 aliphatic carbocycles. The lowest BCUT2D eigenvalue weighted by Crippen LogP contribution is -1.96. The molecule has 0 aliphatic heterocycles. The Morgan fingerprint density at radius 3 is 2.16 bits per heavy atom. The van der Waals surface area contributed by atoms with E-state index in [0.717, 1.165) is 16.2 Å². The van der Waals surface area contributed by atoms with Crippen molar-refractivity contribution in [2.24, 2.45) is 0 Å². The zero-order chi connectivity index (χ0) is 13.6. The molecule has 4 heteroatoms. The standard InChI is InChI=1S/C15H8Cl2O2/c16-13-6-9-4-8-2-1-3-11(15(18)19)12(8)5-10(9)7-14(13)17/h1-7H,(H,18,19). The van der Waals surface area contributed by atoms with Crippen molar-refractivity contribution in [1.82, 2.24) is 0 Å². The summed E-state index contributed by atoms with van der Waals surface area (Å²) in [5, 5.41) is 13.5. The maximum Gasteiger partial charge on any atom is 0.336 e. The zero-order valence-corrected chi connectivity index (χ0v) is 11.2.